The van der Waals surface area contributed by atoms with Crippen molar-refractivity contribution in [1.82, 2.24) is 10.2 Å². The Bertz CT molecular complexity index is 358. The van der Waals surface area contributed by atoms with Crippen LogP contribution in [-0.4, -0.2) is 36.6 Å². The Labute approximate surface area is 104 Å². The number of rotatable bonds is 3. The number of hydrogen-bond acceptors (Lipinski definition) is 2. The van der Waals surface area contributed by atoms with Crippen molar-refractivity contribution in [2.24, 2.45) is 0 Å². The molecule has 2 nitrogen and oxygen atoms in total. The molecule has 2 heteroatoms. The summed E-state index contributed by atoms with van der Waals surface area (Å²) in [4.78, 5) is 2.53. The van der Waals surface area contributed by atoms with Crippen LogP contribution in [-0.2, 0) is 0 Å². The van der Waals surface area contributed by atoms with Crippen LogP contribution in [0.5, 0.6) is 0 Å². The number of benzene rings is 1. The minimum atomic E-state index is 0.608. The Balaban J connectivity index is 1.87. The maximum Gasteiger partial charge on any atom is 0.0196 e. The van der Waals surface area contributed by atoms with Gasteiger partial charge in [-0.05, 0) is 19.4 Å². The van der Waals surface area contributed by atoms with E-state index in [1.165, 1.54) is 5.56 Å². The Morgan fingerprint density at radius 3 is 2.82 bits per heavy atom. The van der Waals surface area contributed by atoms with E-state index in [0.29, 0.717) is 12.1 Å². The fourth-order valence-corrected chi connectivity index (χ4v) is 2.24. The van der Waals surface area contributed by atoms with E-state index in [0.717, 1.165) is 19.6 Å². The highest BCUT2D eigenvalue weighted by Gasteiger charge is 2.20. The van der Waals surface area contributed by atoms with Gasteiger partial charge in [0.25, 0.3) is 0 Å². The molecule has 0 spiro atoms. The minimum absolute atomic E-state index is 0.608. The zero-order valence-corrected chi connectivity index (χ0v) is 10.8. The van der Waals surface area contributed by atoms with Gasteiger partial charge in [0.15, 0.2) is 0 Å². The summed E-state index contributed by atoms with van der Waals surface area (Å²) in [6, 6.07) is 11.7. The lowest BCUT2D eigenvalue weighted by atomic mass is 10.1. The number of hydrogen-bond donors (Lipinski definition) is 1. The number of nitrogens with zero attached hydrogens (tertiary/aromatic N) is 1. The molecular formula is C15H22N2. The topological polar surface area (TPSA) is 15.3 Å². The zero-order chi connectivity index (χ0) is 12.1. The Hall–Kier alpha value is -1.12. The van der Waals surface area contributed by atoms with Gasteiger partial charge in [0.2, 0.25) is 0 Å². The second-order valence-corrected chi connectivity index (χ2v) is 4.93. The molecule has 1 heterocycles. The average Bonchev–Trinajstić information content (AvgIpc) is 2.35. The van der Waals surface area contributed by atoms with Crippen LogP contribution in [0.3, 0.4) is 0 Å². The van der Waals surface area contributed by atoms with Crippen LogP contribution >= 0.6 is 0 Å². The Morgan fingerprint density at radius 1 is 1.29 bits per heavy atom. The molecule has 0 radical (unpaired) electrons. The molecular weight excluding hydrogens is 208 g/mol. The van der Waals surface area contributed by atoms with Crippen LogP contribution in [0, 0.1) is 0 Å². The van der Waals surface area contributed by atoms with Crippen molar-refractivity contribution in [3.63, 3.8) is 0 Å². The molecule has 17 heavy (non-hydrogen) atoms. The summed E-state index contributed by atoms with van der Waals surface area (Å²) in [6.45, 7) is 7.82. The van der Waals surface area contributed by atoms with E-state index in [4.69, 9.17) is 0 Å². The van der Waals surface area contributed by atoms with Gasteiger partial charge in [-0.25, -0.2) is 0 Å². The Morgan fingerprint density at radius 2 is 2.06 bits per heavy atom. The van der Waals surface area contributed by atoms with Gasteiger partial charge in [0.1, 0.15) is 0 Å². The largest absolute Gasteiger partial charge is 0.311 e. The fourth-order valence-electron chi connectivity index (χ4n) is 2.24. The summed E-state index contributed by atoms with van der Waals surface area (Å²) in [5.41, 5.74) is 1.28. The van der Waals surface area contributed by atoms with Crippen molar-refractivity contribution in [2.45, 2.75) is 25.9 Å². The molecule has 1 fully saturated rings. The lowest BCUT2D eigenvalue weighted by Gasteiger charge is -2.36. The molecule has 1 aromatic carbocycles. The maximum atomic E-state index is 3.50. The summed E-state index contributed by atoms with van der Waals surface area (Å²) in [5.74, 6) is 0. The molecule has 1 saturated heterocycles. The normalized spacial score (nSPS) is 26.5. The highest BCUT2D eigenvalue weighted by atomic mass is 15.2. The lowest BCUT2D eigenvalue weighted by Crippen LogP contribution is -2.54. The monoisotopic (exact) mass is 230 g/mol. The van der Waals surface area contributed by atoms with Crippen LogP contribution in [0.1, 0.15) is 19.4 Å². The molecule has 0 saturated carbocycles. The molecule has 1 N–H and O–H groups in total. The van der Waals surface area contributed by atoms with Gasteiger partial charge in [0.05, 0.1) is 0 Å². The van der Waals surface area contributed by atoms with Crippen molar-refractivity contribution in [3.05, 3.63) is 42.0 Å². The smallest absolute Gasteiger partial charge is 0.0196 e. The van der Waals surface area contributed by atoms with Gasteiger partial charge in [0, 0.05) is 31.7 Å². The first-order valence-electron chi connectivity index (χ1n) is 6.45. The molecule has 0 amide bonds. The maximum absolute atomic E-state index is 3.50. The fraction of sp³-hybridized carbons (Fsp3) is 0.467. The van der Waals surface area contributed by atoms with E-state index in [9.17, 15) is 0 Å². The second-order valence-electron chi connectivity index (χ2n) is 4.93. The van der Waals surface area contributed by atoms with Crippen LogP contribution in [0.4, 0.5) is 0 Å². The van der Waals surface area contributed by atoms with Crippen molar-refractivity contribution in [3.8, 4) is 0 Å². The predicted molar refractivity (Wildman–Crippen MR) is 74.0 cm³/mol. The van der Waals surface area contributed by atoms with Gasteiger partial charge in [-0.1, -0.05) is 42.5 Å². The van der Waals surface area contributed by atoms with Crippen molar-refractivity contribution in [1.29, 1.82) is 0 Å². The SMILES string of the molecule is CC1CN(C/C=C\c2ccccc2)C(C)CN1. The molecule has 1 aliphatic rings. The second kappa shape index (κ2) is 5.99. The molecule has 0 bridgehead atoms. The number of piperazine rings is 1. The summed E-state index contributed by atoms with van der Waals surface area (Å²) < 4.78 is 0. The molecule has 0 aliphatic carbocycles. The van der Waals surface area contributed by atoms with Gasteiger partial charge < -0.3 is 5.32 Å². The molecule has 2 unspecified atom stereocenters. The lowest BCUT2D eigenvalue weighted by molar-refractivity contribution is 0.163. The minimum Gasteiger partial charge on any atom is -0.311 e. The summed E-state index contributed by atoms with van der Waals surface area (Å²) in [7, 11) is 0. The van der Waals surface area contributed by atoms with Crippen LogP contribution in [0.2, 0.25) is 0 Å². The third kappa shape index (κ3) is 3.69. The molecule has 2 rings (SSSR count). The first kappa shape index (κ1) is 12.3. The van der Waals surface area contributed by atoms with Crippen LogP contribution in [0.25, 0.3) is 6.08 Å². The third-order valence-corrected chi connectivity index (χ3v) is 3.34. The quantitative estimate of drug-likeness (QED) is 0.857. The third-order valence-electron chi connectivity index (χ3n) is 3.34. The van der Waals surface area contributed by atoms with E-state index in [2.05, 4.69) is 66.5 Å². The molecule has 2 atom stereocenters. The van der Waals surface area contributed by atoms with E-state index in [1.807, 2.05) is 0 Å². The van der Waals surface area contributed by atoms with E-state index in [1.54, 1.807) is 0 Å². The van der Waals surface area contributed by atoms with E-state index < -0.39 is 0 Å². The molecule has 92 valence electrons. The van der Waals surface area contributed by atoms with Crippen molar-refractivity contribution < 1.29 is 0 Å². The van der Waals surface area contributed by atoms with Gasteiger partial charge in [-0.2, -0.15) is 0 Å². The van der Waals surface area contributed by atoms with Gasteiger partial charge in [-0.15, -0.1) is 0 Å². The summed E-state index contributed by atoms with van der Waals surface area (Å²) in [5, 5.41) is 3.50. The summed E-state index contributed by atoms with van der Waals surface area (Å²) in [6.07, 6.45) is 4.48. The van der Waals surface area contributed by atoms with Crippen LogP contribution < -0.4 is 5.32 Å². The summed E-state index contributed by atoms with van der Waals surface area (Å²) >= 11 is 0. The van der Waals surface area contributed by atoms with Crippen molar-refractivity contribution in [2.75, 3.05) is 19.6 Å². The van der Waals surface area contributed by atoms with E-state index >= 15 is 0 Å². The Kier molecular flexibility index (Phi) is 4.35. The first-order chi connectivity index (χ1) is 8.25. The van der Waals surface area contributed by atoms with E-state index in [-0.39, 0.29) is 0 Å². The van der Waals surface area contributed by atoms with Gasteiger partial charge >= 0.3 is 0 Å². The highest BCUT2D eigenvalue weighted by Crippen LogP contribution is 2.07. The standard InChI is InChI=1S/C15H22N2/c1-13-12-17(14(2)11-16-13)10-6-9-15-7-4-3-5-8-15/h3-9,13-14,16H,10-12H2,1-2H3/b9-6-. The highest BCUT2D eigenvalue weighted by molar-refractivity contribution is 5.48. The predicted octanol–water partition coefficient (Wildman–Crippen LogP) is 2.38. The zero-order valence-electron chi connectivity index (χ0n) is 10.8. The van der Waals surface area contributed by atoms with Gasteiger partial charge in [-0.3, -0.25) is 4.90 Å². The molecule has 1 aromatic rings. The van der Waals surface area contributed by atoms with Crippen molar-refractivity contribution >= 4 is 6.08 Å². The average molecular weight is 230 g/mol. The van der Waals surface area contributed by atoms with Crippen LogP contribution in [0.15, 0.2) is 36.4 Å². The first-order valence-corrected chi connectivity index (χ1v) is 6.45. The molecule has 0 aromatic heterocycles. The number of nitrogens with one attached hydrogen (secondary N) is 1. The molecule has 1 aliphatic heterocycles.